The number of hydrogen-bond donors (Lipinski definition) is 1. The number of carbonyl (C=O) groups is 1. The van der Waals surface area contributed by atoms with Crippen LogP contribution in [0.3, 0.4) is 0 Å². The summed E-state index contributed by atoms with van der Waals surface area (Å²) in [5.41, 5.74) is 1.29. The fourth-order valence-corrected chi connectivity index (χ4v) is 3.09. The van der Waals surface area contributed by atoms with Crippen LogP contribution in [0, 0.1) is 0 Å². The van der Waals surface area contributed by atoms with E-state index in [0.29, 0.717) is 30.5 Å². The van der Waals surface area contributed by atoms with Gasteiger partial charge in [0, 0.05) is 42.6 Å². The number of halogens is 1. The summed E-state index contributed by atoms with van der Waals surface area (Å²) >= 11 is 6.15. The van der Waals surface area contributed by atoms with Gasteiger partial charge in [0.2, 0.25) is 0 Å². The number of nitrogens with one attached hydrogen (secondary N) is 1. The van der Waals surface area contributed by atoms with Crippen molar-refractivity contribution in [2.75, 3.05) is 19.8 Å². The van der Waals surface area contributed by atoms with Crippen molar-refractivity contribution in [3.63, 3.8) is 0 Å². The molecule has 1 aromatic heterocycles. The molecule has 0 saturated carbocycles. The standard InChI is InChI=1S/C17H18ClN3O2/c18-14-3-1-2-13(10-14)17(4-8-23-9-5-17)12-21-16(22)15-11-19-6-7-20-15/h1-3,6-7,10-11H,4-5,8-9,12H2,(H,21,22). The average molecular weight is 332 g/mol. The molecule has 2 aromatic rings. The molecule has 0 radical (unpaired) electrons. The molecule has 0 atom stereocenters. The number of ether oxygens (including phenoxy) is 1. The Bertz CT molecular complexity index is 673. The van der Waals surface area contributed by atoms with Crippen molar-refractivity contribution in [1.82, 2.24) is 15.3 Å². The van der Waals surface area contributed by atoms with Crippen molar-refractivity contribution in [1.29, 1.82) is 0 Å². The van der Waals surface area contributed by atoms with Gasteiger partial charge in [0.15, 0.2) is 0 Å². The molecule has 0 unspecified atom stereocenters. The van der Waals surface area contributed by atoms with E-state index in [-0.39, 0.29) is 11.3 Å². The Morgan fingerprint density at radius 1 is 1.30 bits per heavy atom. The molecular weight excluding hydrogens is 314 g/mol. The van der Waals surface area contributed by atoms with Crippen LogP contribution < -0.4 is 5.32 Å². The molecule has 1 aromatic carbocycles. The molecule has 0 aliphatic carbocycles. The molecule has 1 aliphatic heterocycles. The monoisotopic (exact) mass is 331 g/mol. The first-order chi connectivity index (χ1) is 11.2. The molecular formula is C17H18ClN3O2. The van der Waals surface area contributed by atoms with Gasteiger partial charge < -0.3 is 10.1 Å². The lowest BCUT2D eigenvalue weighted by molar-refractivity contribution is 0.0486. The minimum atomic E-state index is -0.217. The predicted octanol–water partition coefficient (Wildman–Crippen LogP) is 2.61. The zero-order valence-corrected chi connectivity index (χ0v) is 13.4. The van der Waals surface area contributed by atoms with Crippen LogP contribution in [0.5, 0.6) is 0 Å². The second kappa shape index (κ2) is 7.06. The van der Waals surface area contributed by atoms with Crippen LogP contribution in [0.2, 0.25) is 5.02 Å². The Kier molecular flexibility index (Phi) is 4.88. The number of hydrogen-bond acceptors (Lipinski definition) is 4. The topological polar surface area (TPSA) is 64.1 Å². The van der Waals surface area contributed by atoms with Gasteiger partial charge in [0.1, 0.15) is 5.69 Å². The third kappa shape index (κ3) is 3.68. The average Bonchev–Trinajstić information content (AvgIpc) is 2.61. The molecule has 6 heteroatoms. The van der Waals surface area contributed by atoms with Crippen molar-refractivity contribution in [2.45, 2.75) is 18.3 Å². The second-order valence-electron chi connectivity index (χ2n) is 5.68. The highest BCUT2D eigenvalue weighted by Gasteiger charge is 2.35. The van der Waals surface area contributed by atoms with E-state index in [1.807, 2.05) is 18.2 Å². The first kappa shape index (κ1) is 15.9. The van der Waals surface area contributed by atoms with E-state index in [1.54, 1.807) is 6.20 Å². The maximum Gasteiger partial charge on any atom is 0.271 e. The Morgan fingerprint density at radius 2 is 2.13 bits per heavy atom. The summed E-state index contributed by atoms with van der Waals surface area (Å²) in [7, 11) is 0. The predicted molar refractivity (Wildman–Crippen MR) is 87.5 cm³/mol. The van der Waals surface area contributed by atoms with Crippen LogP contribution in [0.15, 0.2) is 42.9 Å². The van der Waals surface area contributed by atoms with Gasteiger partial charge in [-0.05, 0) is 30.5 Å². The number of aromatic nitrogens is 2. The summed E-state index contributed by atoms with van der Waals surface area (Å²) in [6.07, 6.45) is 6.20. The van der Waals surface area contributed by atoms with Gasteiger partial charge in [-0.15, -0.1) is 0 Å². The van der Waals surface area contributed by atoms with Gasteiger partial charge >= 0.3 is 0 Å². The normalized spacial score (nSPS) is 16.7. The summed E-state index contributed by atoms with van der Waals surface area (Å²) in [4.78, 5) is 20.2. The third-order valence-electron chi connectivity index (χ3n) is 4.27. The van der Waals surface area contributed by atoms with Crippen LogP contribution in [0.25, 0.3) is 0 Å². The van der Waals surface area contributed by atoms with Gasteiger partial charge in [-0.3, -0.25) is 9.78 Å². The lowest BCUT2D eigenvalue weighted by atomic mass is 9.74. The van der Waals surface area contributed by atoms with E-state index < -0.39 is 0 Å². The highest BCUT2D eigenvalue weighted by atomic mass is 35.5. The largest absolute Gasteiger partial charge is 0.381 e. The summed E-state index contributed by atoms with van der Waals surface area (Å²) in [5.74, 6) is -0.217. The second-order valence-corrected chi connectivity index (χ2v) is 6.11. The zero-order chi connectivity index (χ0) is 16.1. The van der Waals surface area contributed by atoms with Crippen molar-refractivity contribution in [3.05, 3.63) is 59.1 Å². The van der Waals surface area contributed by atoms with Crippen LogP contribution in [-0.2, 0) is 10.2 Å². The first-order valence-corrected chi connectivity index (χ1v) is 7.95. The van der Waals surface area contributed by atoms with E-state index in [0.717, 1.165) is 18.4 Å². The molecule has 1 fully saturated rings. The summed E-state index contributed by atoms with van der Waals surface area (Å²) in [5, 5.41) is 3.69. The summed E-state index contributed by atoms with van der Waals surface area (Å²) < 4.78 is 5.50. The molecule has 1 N–H and O–H groups in total. The Labute approximate surface area is 140 Å². The van der Waals surface area contributed by atoms with Crippen molar-refractivity contribution < 1.29 is 9.53 Å². The molecule has 1 amide bonds. The molecule has 1 aliphatic rings. The number of carbonyl (C=O) groups excluding carboxylic acids is 1. The molecule has 2 heterocycles. The zero-order valence-electron chi connectivity index (χ0n) is 12.7. The number of nitrogens with zero attached hydrogens (tertiary/aromatic N) is 2. The van der Waals surface area contributed by atoms with Crippen molar-refractivity contribution >= 4 is 17.5 Å². The summed E-state index contributed by atoms with van der Waals surface area (Å²) in [6, 6.07) is 7.84. The van der Waals surface area contributed by atoms with Crippen LogP contribution in [0.1, 0.15) is 28.9 Å². The van der Waals surface area contributed by atoms with E-state index in [4.69, 9.17) is 16.3 Å². The van der Waals surface area contributed by atoms with Crippen molar-refractivity contribution in [3.8, 4) is 0 Å². The third-order valence-corrected chi connectivity index (χ3v) is 4.51. The molecule has 1 saturated heterocycles. The molecule has 3 rings (SSSR count). The van der Waals surface area contributed by atoms with Gasteiger partial charge in [0.25, 0.3) is 5.91 Å². The Balaban J connectivity index is 1.79. The fourth-order valence-electron chi connectivity index (χ4n) is 2.90. The molecule has 0 spiro atoms. The van der Waals surface area contributed by atoms with E-state index in [2.05, 4.69) is 21.4 Å². The van der Waals surface area contributed by atoms with E-state index in [9.17, 15) is 4.79 Å². The minimum Gasteiger partial charge on any atom is -0.381 e. The number of amides is 1. The lowest BCUT2D eigenvalue weighted by Gasteiger charge is -2.38. The number of benzene rings is 1. The highest BCUT2D eigenvalue weighted by Crippen LogP contribution is 2.35. The van der Waals surface area contributed by atoms with Crippen LogP contribution >= 0.6 is 11.6 Å². The maximum atomic E-state index is 12.3. The number of rotatable bonds is 4. The SMILES string of the molecule is O=C(NCC1(c2cccc(Cl)c2)CCOCC1)c1cnccn1. The molecule has 23 heavy (non-hydrogen) atoms. The van der Waals surface area contributed by atoms with Gasteiger partial charge in [-0.1, -0.05) is 23.7 Å². The molecule has 5 nitrogen and oxygen atoms in total. The van der Waals surface area contributed by atoms with Gasteiger partial charge in [-0.25, -0.2) is 4.98 Å². The fraction of sp³-hybridized carbons (Fsp3) is 0.353. The first-order valence-electron chi connectivity index (χ1n) is 7.58. The van der Waals surface area contributed by atoms with Crippen LogP contribution in [0.4, 0.5) is 0 Å². The van der Waals surface area contributed by atoms with Gasteiger partial charge in [0.05, 0.1) is 6.20 Å². The Morgan fingerprint density at radius 3 is 2.83 bits per heavy atom. The molecule has 0 bridgehead atoms. The van der Waals surface area contributed by atoms with E-state index in [1.165, 1.54) is 12.4 Å². The molecule has 120 valence electrons. The van der Waals surface area contributed by atoms with Crippen molar-refractivity contribution in [2.24, 2.45) is 0 Å². The van der Waals surface area contributed by atoms with Crippen LogP contribution in [-0.4, -0.2) is 35.6 Å². The highest BCUT2D eigenvalue weighted by molar-refractivity contribution is 6.30. The smallest absolute Gasteiger partial charge is 0.271 e. The van der Waals surface area contributed by atoms with Gasteiger partial charge in [-0.2, -0.15) is 0 Å². The Hall–Kier alpha value is -1.98. The maximum absolute atomic E-state index is 12.3. The quantitative estimate of drug-likeness (QED) is 0.935. The minimum absolute atomic E-state index is 0.166. The van der Waals surface area contributed by atoms with E-state index >= 15 is 0 Å². The lowest BCUT2D eigenvalue weighted by Crippen LogP contribution is -2.44. The summed E-state index contributed by atoms with van der Waals surface area (Å²) in [6.45, 7) is 1.87.